The number of amides is 2. The number of nitrogens with one attached hydrogen (secondary N) is 1. The fourth-order valence-corrected chi connectivity index (χ4v) is 3.09. The van der Waals surface area contributed by atoms with Crippen LogP contribution in [0, 0.1) is 5.92 Å². The van der Waals surface area contributed by atoms with Gasteiger partial charge in [-0.3, -0.25) is 14.6 Å². The smallest absolute Gasteiger partial charge is 0.272 e. The number of carbonyl (C=O) groups excluding carboxylic acids is 2. The van der Waals surface area contributed by atoms with Crippen LogP contribution in [-0.4, -0.2) is 34.8 Å². The van der Waals surface area contributed by atoms with E-state index in [1.807, 2.05) is 29.2 Å². The topological polar surface area (TPSA) is 62.3 Å². The molecule has 1 aliphatic heterocycles. The van der Waals surface area contributed by atoms with Gasteiger partial charge >= 0.3 is 0 Å². The van der Waals surface area contributed by atoms with E-state index in [1.165, 1.54) is 11.8 Å². The van der Waals surface area contributed by atoms with E-state index in [0.717, 1.165) is 38.0 Å². The Morgan fingerprint density at radius 3 is 2.50 bits per heavy atom. The first-order chi connectivity index (χ1) is 12.6. The lowest BCUT2D eigenvalue weighted by atomic mass is 9.99. The number of hydrogen-bond donors (Lipinski definition) is 1. The number of anilines is 1. The summed E-state index contributed by atoms with van der Waals surface area (Å²) in [6.45, 7) is 5.80. The summed E-state index contributed by atoms with van der Waals surface area (Å²) in [5.74, 6) is 0.319. The van der Waals surface area contributed by atoms with Gasteiger partial charge in [0.05, 0.1) is 0 Å². The number of rotatable bonds is 4. The van der Waals surface area contributed by atoms with Crippen LogP contribution in [0.2, 0.25) is 0 Å². The highest BCUT2D eigenvalue weighted by atomic mass is 16.2. The second-order valence-corrected chi connectivity index (χ2v) is 6.91. The lowest BCUT2D eigenvalue weighted by Crippen LogP contribution is -2.38. The minimum absolute atomic E-state index is 0.0983. The SMILES string of the molecule is CCc1ccc(NC(=O)c2ccnc(C(=O)N3CCC(C)CC3)c2)cc1. The molecule has 1 fully saturated rings. The third-order valence-corrected chi connectivity index (χ3v) is 4.93. The Labute approximate surface area is 154 Å². The molecule has 1 saturated heterocycles. The van der Waals surface area contributed by atoms with Crippen LogP contribution in [0.25, 0.3) is 0 Å². The Morgan fingerprint density at radius 1 is 1.15 bits per heavy atom. The van der Waals surface area contributed by atoms with Crippen LogP contribution < -0.4 is 5.32 Å². The Bertz CT molecular complexity index is 778. The normalized spacial score (nSPS) is 14.9. The first-order valence-electron chi connectivity index (χ1n) is 9.22. The van der Waals surface area contributed by atoms with Gasteiger partial charge in [-0.1, -0.05) is 26.0 Å². The average Bonchev–Trinajstić information content (AvgIpc) is 2.68. The predicted octanol–water partition coefficient (Wildman–Crippen LogP) is 3.77. The van der Waals surface area contributed by atoms with E-state index in [1.54, 1.807) is 12.1 Å². The van der Waals surface area contributed by atoms with Crippen molar-refractivity contribution in [1.29, 1.82) is 0 Å². The zero-order valence-electron chi connectivity index (χ0n) is 15.4. The molecule has 136 valence electrons. The van der Waals surface area contributed by atoms with Gasteiger partial charge in [0.2, 0.25) is 0 Å². The van der Waals surface area contributed by atoms with Gasteiger partial charge < -0.3 is 10.2 Å². The van der Waals surface area contributed by atoms with E-state index >= 15 is 0 Å². The van der Waals surface area contributed by atoms with E-state index in [4.69, 9.17) is 0 Å². The summed E-state index contributed by atoms with van der Waals surface area (Å²) in [5, 5.41) is 2.87. The molecule has 1 N–H and O–H groups in total. The molecule has 0 spiro atoms. The van der Waals surface area contributed by atoms with Gasteiger partial charge in [-0.05, 0) is 55.0 Å². The molecule has 2 heterocycles. The van der Waals surface area contributed by atoms with Crippen molar-refractivity contribution in [2.45, 2.75) is 33.1 Å². The largest absolute Gasteiger partial charge is 0.337 e. The summed E-state index contributed by atoms with van der Waals surface area (Å²) < 4.78 is 0. The second-order valence-electron chi connectivity index (χ2n) is 6.91. The highest BCUT2D eigenvalue weighted by molar-refractivity contribution is 6.05. The fourth-order valence-electron chi connectivity index (χ4n) is 3.09. The summed E-state index contributed by atoms with van der Waals surface area (Å²) in [7, 11) is 0. The Morgan fingerprint density at radius 2 is 1.85 bits per heavy atom. The number of aryl methyl sites for hydroxylation is 1. The molecule has 2 amide bonds. The van der Waals surface area contributed by atoms with E-state index < -0.39 is 0 Å². The molecule has 0 atom stereocenters. The van der Waals surface area contributed by atoms with Gasteiger partial charge in [-0.2, -0.15) is 0 Å². The minimum atomic E-state index is -0.238. The number of nitrogens with zero attached hydrogens (tertiary/aromatic N) is 2. The number of benzene rings is 1. The molecule has 26 heavy (non-hydrogen) atoms. The first kappa shape index (κ1) is 18.1. The Kier molecular flexibility index (Phi) is 5.66. The molecule has 0 aliphatic carbocycles. The van der Waals surface area contributed by atoms with Gasteiger partial charge in [0.15, 0.2) is 0 Å². The number of aromatic nitrogens is 1. The summed E-state index contributed by atoms with van der Waals surface area (Å²) in [5.41, 5.74) is 2.72. The highest BCUT2D eigenvalue weighted by Gasteiger charge is 2.23. The number of likely N-dealkylation sites (tertiary alicyclic amines) is 1. The lowest BCUT2D eigenvalue weighted by molar-refractivity contribution is 0.0691. The maximum atomic E-state index is 12.6. The van der Waals surface area contributed by atoms with Gasteiger partial charge in [-0.15, -0.1) is 0 Å². The molecule has 1 aromatic heterocycles. The zero-order valence-corrected chi connectivity index (χ0v) is 15.4. The number of piperidine rings is 1. The summed E-state index contributed by atoms with van der Waals surface area (Å²) in [6, 6.07) is 11.0. The maximum Gasteiger partial charge on any atom is 0.272 e. The van der Waals surface area contributed by atoms with Crippen LogP contribution in [0.4, 0.5) is 5.69 Å². The Balaban J connectivity index is 1.69. The minimum Gasteiger partial charge on any atom is -0.337 e. The van der Waals surface area contributed by atoms with Crippen molar-refractivity contribution in [3.8, 4) is 0 Å². The van der Waals surface area contributed by atoms with Crippen LogP contribution in [0.5, 0.6) is 0 Å². The van der Waals surface area contributed by atoms with Crippen LogP contribution in [0.15, 0.2) is 42.6 Å². The second kappa shape index (κ2) is 8.13. The zero-order chi connectivity index (χ0) is 18.5. The molecular formula is C21H25N3O2. The molecule has 0 saturated carbocycles. The van der Waals surface area contributed by atoms with Crippen molar-refractivity contribution in [3.63, 3.8) is 0 Å². The summed E-state index contributed by atoms with van der Waals surface area (Å²) in [4.78, 5) is 31.1. The summed E-state index contributed by atoms with van der Waals surface area (Å²) in [6.07, 6.45) is 4.51. The molecule has 2 aromatic rings. The fraction of sp³-hybridized carbons (Fsp3) is 0.381. The quantitative estimate of drug-likeness (QED) is 0.912. The molecule has 5 nitrogen and oxygen atoms in total. The van der Waals surface area contributed by atoms with E-state index in [0.29, 0.717) is 17.2 Å². The third kappa shape index (κ3) is 4.28. The molecule has 3 rings (SSSR count). The number of pyridine rings is 1. The maximum absolute atomic E-state index is 12.6. The van der Waals surface area contributed by atoms with Crippen LogP contribution in [0.1, 0.15) is 53.1 Å². The van der Waals surface area contributed by atoms with Gasteiger partial charge in [0.25, 0.3) is 11.8 Å². The van der Waals surface area contributed by atoms with Gasteiger partial charge in [-0.25, -0.2) is 0 Å². The molecular weight excluding hydrogens is 326 g/mol. The van der Waals surface area contributed by atoms with E-state index in [9.17, 15) is 9.59 Å². The highest BCUT2D eigenvalue weighted by Crippen LogP contribution is 2.18. The standard InChI is InChI=1S/C21H25N3O2/c1-3-16-4-6-18(7-5-16)23-20(25)17-8-11-22-19(14-17)21(26)24-12-9-15(2)10-13-24/h4-8,11,14-15H,3,9-10,12-13H2,1-2H3,(H,23,25). The monoisotopic (exact) mass is 351 g/mol. The molecule has 0 radical (unpaired) electrons. The molecule has 1 aromatic carbocycles. The van der Waals surface area contributed by atoms with Crippen molar-refractivity contribution in [2.24, 2.45) is 5.92 Å². The van der Waals surface area contributed by atoms with Crippen LogP contribution in [0.3, 0.4) is 0 Å². The molecule has 0 unspecified atom stereocenters. The first-order valence-corrected chi connectivity index (χ1v) is 9.22. The van der Waals surface area contributed by atoms with Crippen molar-refractivity contribution in [2.75, 3.05) is 18.4 Å². The lowest BCUT2D eigenvalue weighted by Gasteiger charge is -2.30. The van der Waals surface area contributed by atoms with E-state index in [2.05, 4.69) is 24.1 Å². The third-order valence-electron chi connectivity index (χ3n) is 4.93. The van der Waals surface area contributed by atoms with Gasteiger partial charge in [0, 0.05) is 30.5 Å². The molecule has 0 bridgehead atoms. The van der Waals surface area contributed by atoms with Crippen LogP contribution in [-0.2, 0) is 6.42 Å². The van der Waals surface area contributed by atoms with Crippen molar-refractivity contribution < 1.29 is 9.59 Å². The van der Waals surface area contributed by atoms with Crippen LogP contribution >= 0.6 is 0 Å². The predicted molar refractivity (Wildman–Crippen MR) is 102 cm³/mol. The summed E-state index contributed by atoms with van der Waals surface area (Å²) >= 11 is 0. The number of hydrogen-bond acceptors (Lipinski definition) is 3. The van der Waals surface area contributed by atoms with Crippen molar-refractivity contribution in [1.82, 2.24) is 9.88 Å². The average molecular weight is 351 g/mol. The van der Waals surface area contributed by atoms with Crippen molar-refractivity contribution >= 4 is 17.5 Å². The van der Waals surface area contributed by atoms with Crippen molar-refractivity contribution in [3.05, 3.63) is 59.4 Å². The molecule has 5 heteroatoms. The Hall–Kier alpha value is -2.69. The van der Waals surface area contributed by atoms with E-state index in [-0.39, 0.29) is 11.8 Å². The number of carbonyl (C=O) groups is 2. The molecule has 1 aliphatic rings. The van der Waals surface area contributed by atoms with Gasteiger partial charge in [0.1, 0.15) is 5.69 Å².